The fraction of sp³-hybridized carbons (Fsp3) is 0.909. The maximum absolute atomic E-state index is 13.3. The molecule has 0 radical (unpaired) electrons. The van der Waals surface area contributed by atoms with E-state index in [1.54, 1.807) is 0 Å². The third-order valence-corrected chi connectivity index (χ3v) is 5.64. The maximum Gasteiger partial charge on any atom is 0.223 e. The van der Waals surface area contributed by atoms with E-state index in [4.69, 9.17) is 0 Å². The molecule has 2 rings (SSSR count). The number of nitrogens with one attached hydrogen (secondary N) is 1. The molecule has 0 saturated carbocycles. The van der Waals surface area contributed by atoms with Gasteiger partial charge in [-0.05, 0) is 49.5 Å². The highest BCUT2D eigenvalue weighted by Crippen LogP contribution is 2.28. The Labute approximate surface area is 166 Å². The van der Waals surface area contributed by atoms with Gasteiger partial charge in [0.1, 0.15) is 0 Å². The van der Waals surface area contributed by atoms with Gasteiger partial charge in [0, 0.05) is 26.2 Å². The highest BCUT2D eigenvalue weighted by atomic mass is 16.2. The molecule has 0 bridgehead atoms. The molecule has 2 heterocycles. The van der Waals surface area contributed by atoms with E-state index in [0.29, 0.717) is 11.8 Å². The topological polar surface area (TPSA) is 52.7 Å². The SMILES string of the molecule is CC(C)(C)CCNCN1CCCC1C(=O)C1CCCN1C(=O)CC(C)(C)C. The standard InChI is InChI=1S/C22H41N3O2/c1-21(2,3)11-12-23-16-24-13-7-9-17(24)20(27)18-10-8-14-25(18)19(26)15-22(4,5)6/h17-18,23H,7-16H2,1-6H3. The monoisotopic (exact) mass is 379 g/mol. The van der Waals surface area contributed by atoms with Crippen LogP contribution in [0.1, 0.15) is 80.1 Å². The lowest BCUT2D eigenvalue weighted by molar-refractivity contribution is -0.140. The van der Waals surface area contributed by atoms with Gasteiger partial charge in [-0.1, -0.05) is 41.5 Å². The molecule has 5 nitrogen and oxygen atoms in total. The van der Waals surface area contributed by atoms with E-state index in [1.165, 1.54) is 0 Å². The summed E-state index contributed by atoms with van der Waals surface area (Å²) < 4.78 is 0. The summed E-state index contributed by atoms with van der Waals surface area (Å²) in [4.78, 5) is 30.2. The molecule has 2 atom stereocenters. The fourth-order valence-corrected chi connectivity index (χ4v) is 4.16. The summed E-state index contributed by atoms with van der Waals surface area (Å²) in [5, 5.41) is 3.52. The highest BCUT2D eigenvalue weighted by molar-refractivity contribution is 5.93. The van der Waals surface area contributed by atoms with Crippen LogP contribution >= 0.6 is 0 Å². The summed E-state index contributed by atoms with van der Waals surface area (Å²) in [6, 6.07) is -0.236. The minimum Gasteiger partial charge on any atom is -0.333 e. The van der Waals surface area contributed by atoms with Crippen molar-refractivity contribution < 1.29 is 9.59 Å². The Balaban J connectivity index is 1.91. The number of carbonyl (C=O) groups excluding carboxylic acids is 2. The summed E-state index contributed by atoms with van der Waals surface area (Å²) in [6.45, 7) is 16.5. The lowest BCUT2D eigenvalue weighted by Gasteiger charge is -2.31. The number of nitrogens with zero attached hydrogens (tertiary/aromatic N) is 2. The molecule has 27 heavy (non-hydrogen) atoms. The lowest BCUT2D eigenvalue weighted by atomic mass is 9.91. The smallest absolute Gasteiger partial charge is 0.223 e. The van der Waals surface area contributed by atoms with Crippen molar-refractivity contribution >= 4 is 11.7 Å². The predicted molar refractivity (Wildman–Crippen MR) is 110 cm³/mol. The lowest BCUT2D eigenvalue weighted by Crippen LogP contribution is -2.50. The van der Waals surface area contributed by atoms with Gasteiger partial charge in [0.15, 0.2) is 5.78 Å². The molecule has 0 spiro atoms. The first-order chi connectivity index (χ1) is 12.5. The van der Waals surface area contributed by atoms with Gasteiger partial charge in [0.05, 0.1) is 12.1 Å². The average Bonchev–Trinajstić information content (AvgIpc) is 3.17. The molecule has 0 aromatic carbocycles. The summed E-state index contributed by atoms with van der Waals surface area (Å²) >= 11 is 0. The number of carbonyl (C=O) groups is 2. The Morgan fingerprint density at radius 3 is 2.19 bits per heavy atom. The molecule has 2 unspecified atom stereocenters. The van der Waals surface area contributed by atoms with Gasteiger partial charge in [0.25, 0.3) is 0 Å². The molecule has 0 aliphatic carbocycles. The Morgan fingerprint density at radius 1 is 0.926 bits per heavy atom. The van der Waals surface area contributed by atoms with Crippen LogP contribution < -0.4 is 5.32 Å². The summed E-state index contributed by atoms with van der Waals surface area (Å²) in [7, 11) is 0. The van der Waals surface area contributed by atoms with Gasteiger partial charge in [0.2, 0.25) is 5.91 Å². The zero-order valence-corrected chi connectivity index (χ0v) is 18.4. The first-order valence-electron chi connectivity index (χ1n) is 10.8. The Kier molecular flexibility index (Phi) is 7.48. The minimum absolute atomic E-state index is 0.0276. The molecule has 2 aliphatic rings. The molecule has 0 aromatic rings. The number of likely N-dealkylation sites (tertiary alicyclic amines) is 2. The van der Waals surface area contributed by atoms with Crippen LogP contribution in [0.2, 0.25) is 0 Å². The summed E-state index contributed by atoms with van der Waals surface area (Å²) in [5.74, 6) is 0.413. The molecule has 156 valence electrons. The second-order valence-electron chi connectivity index (χ2n) is 10.8. The third kappa shape index (κ3) is 6.86. The second kappa shape index (κ2) is 9.04. The van der Waals surface area contributed by atoms with E-state index in [9.17, 15) is 9.59 Å². The second-order valence-corrected chi connectivity index (χ2v) is 10.8. The van der Waals surface area contributed by atoms with E-state index in [-0.39, 0.29) is 29.2 Å². The Bertz CT molecular complexity index is 519. The molecule has 0 aromatic heterocycles. The summed E-state index contributed by atoms with van der Waals surface area (Å²) in [6.07, 6.45) is 5.41. The van der Waals surface area contributed by atoms with Crippen molar-refractivity contribution in [1.82, 2.24) is 15.1 Å². The van der Waals surface area contributed by atoms with Crippen molar-refractivity contribution in [3.63, 3.8) is 0 Å². The molecule has 2 saturated heterocycles. The van der Waals surface area contributed by atoms with Crippen LogP contribution in [0.25, 0.3) is 0 Å². The Morgan fingerprint density at radius 2 is 1.56 bits per heavy atom. The zero-order valence-electron chi connectivity index (χ0n) is 18.4. The number of ketones is 1. The number of rotatable bonds is 7. The van der Waals surface area contributed by atoms with Gasteiger partial charge < -0.3 is 10.2 Å². The van der Waals surface area contributed by atoms with Crippen molar-refractivity contribution in [2.24, 2.45) is 10.8 Å². The maximum atomic E-state index is 13.3. The van der Waals surface area contributed by atoms with Crippen molar-refractivity contribution in [3.05, 3.63) is 0 Å². The number of amides is 1. The summed E-state index contributed by atoms with van der Waals surface area (Å²) in [5.41, 5.74) is 0.286. The van der Waals surface area contributed by atoms with Crippen LogP contribution in [-0.4, -0.2) is 59.9 Å². The van der Waals surface area contributed by atoms with Crippen LogP contribution in [0, 0.1) is 10.8 Å². The van der Waals surface area contributed by atoms with E-state index in [0.717, 1.165) is 58.4 Å². The van der Waals surface area contributed by atoms with Crippen molar-refractivity contribution in [2.75, 3.05) is 26.3 Å². The van der Waals surface area contributed by atoms with Gasteiger partial charge in [-0.3, -0.25) is 14.5 Å². The molecular weight excluding hydrogens is 338 g/mol. The largest absolute Gasteiger partial charge is 0.333 e. The molecular formula is C22H41N3O2. The van der Waals surface area contributed by atoms with Gasteiger partial charge >= 0.3 is 0 Å². The van der Waals surface area contributed by atoms with Crippen LogP contribution in [-0.2, 0) is 9.59 Å². The highest BCUT2D eigenvalue weighted by Gasteiger charge is 2.41. The van der Waals surface area contributed by atoms with Crippen LogP contribution in [0.5, 0.6) is 0 Å². The minimum atomic E-state index is -0.208. The normalized spacial score (nSPS) is 24.6. The van der Waals surface area contributed by atoms with Gasteiger partial charge in [-0.15, -0.1) is 0 Å². The molecule has 5 heteroatoms. The Hall–Kier alpha value is -0.940. The van der Waals surface area contributed by atoms with Crippen molar-refractivity contribution in [3.8, 4) is 0 Å². The van der Waals surface area contributed by atoms with Crippen molar-refractivity contribution in [2.45, 2.75) is 92.2 Å². The number of Topliss-reactive ketones (excluding diaryl/α,β-unsaturated/α-hetero) is 1. The van der Waals surface area contributed by atoms with E-state index in [1.807, 2.05) is 4.90 Å². The van der Waals surface area contributed by atoms with Crippen LogP contribution in [0.3, 0.4) is 0 Å². The average molecular weight is 380 g/mol. The fourth-order valence-electron chi connectivity index (χ4n) is 4.16. The molecule has 1 amide bonds. The molecule has 1 N–H and O–H groups in total. The predicted octanol–water partition coefficient (Wildman–Crippen LogP) is 3.43. The van der Waals surface area contributed by atoms with Crippen LogP contribution in [0.4, 0.5) is 0 Å². The molecule has 2 fully saturated rings. The van der Waals surface area contributed by atoms with Gasteiger partial charge in [-0.2, -0.15) is 0 Å². The van der Waals surface area contributed by atoms with E-state index in [2.05, 4.69) is 51.8 Å². The first-order valence-corrected chi connectivity index (χ1v) is 10.8. The quantitative estimate of drug-likeness (QED) is 0.689. The number of hydrogen-bond donors (Lipinski definition) is 1. The van der Waals surface area contributed by atoms with Crippen molar-refractivity contribution in [1.29, 1.82) is 0 Å². The van der Waals surface area contributed by atoms with Crippen LogP contribution in [0.15, 0.2) is 0 Å². The zero-order chi connectivity index (χ0) is 20.2. The first kappa shape index (κ1) is 22.4. The van der Waals surface area contributed by atoms with E-state index >= 15 is 0 Å². The number of hydrogen-bond acceptors (Lipinski definition) is 4. The third-order valence-electron chi connectivity index (χ3n) is 5.64. The van der Waals surface area contributed by atoms with E-state index < -0.39 is 0 Å². The van der Waals surface area contributed by atoms with Gasteiger partial charge in [-0.25, -0.2) is 0 Å². The molecule has 2 aliphatic heterocycles.